The number of morpholine rings is 1. The Morgan fingerprint density at radius 1 is 1.23 bits per heavy atom. The van der Waals surface area contributed by atoms with Crippen LogP contribution < -0.4 is 0 Å². The van der Waals surface area contributed by atoms with Crippen LogP contribution in [0.25, 0.3) is 6.08 Å². The summed E-state index contributed by atoms with van der Waals surface area (Å²) in [6.07, 6.45) is 3.69. The number of ether oxygens (including phenoxy) is 1. The first-order valence-electron chi connectivity index (χ1n) is 8.86. The Morgan fingerprint density at radius 2 is 1.92 bits per heavy atom. The lowest BCUT2D eigenvalue weighted by Crippen LogP contribution is -2.44. The van der Waals surface area contributed by atoms with E-state index >= 15 is 0 Å². The maximum atomic E-state index is 12.5. The molecule has 0 aliphatic carbocycles. The van der Waals surface area contributed by atoms with Crippen molar-refractivity contribution in [1.29, 1.82) is 0 Å². The lowest BCUT2D eigenvalue weighted by Gasteiger charge is -2.30. The van der Waals surface area contributed by atoms with Gasteiger partial charge in [0.1, 0.15) is 0 Å². The normalized spacial score (nSPS) is 21.8. The monoisotopic (exact) mass is 356 g/mol. The molecule has 26 heavy (non-hydrogen) atoms. The number of amides is 1. The molecule has 0 radical (unpaired) electrons. The van der Waals surface area contributed by atoms with E-state index in [1.807, 2.05) is 42.5 Å². The summed E-state index contributed by atoms with van der Waals surface area (Å²) in [6, 6.07) is 9.13. The van der Waals surface area contributed by atoms with E-state index in [1.165, 1.54) is 6.92 Å². The molecule has 6 heteroatoms. The minimum absolute atomic E-state index is 0.171. The molecule has 1 unspecified atom stereocenters. The average Bonchev–Trinajstić information content (AvgIpc) is 2.90. The maximum absolute atomic E-state index is 12.5. The minimum Gasteiger partial charge on any atom is -0.503 e. The average molecular weight is 356 g/mol. The number of nitrogens with zero attached hydrogens (tertiary/aromatic N) is 2. The minimum atomic E-state index is -0.541. The van der Waals surface area contributed by atoms with Crippen molar-refractivity contribution in [2.75, 3.05) is 39.4 Å². The third-order valence-corrected chi connectivity index (χ3v) is 4.76. The predicted octanol–water partition coefficient (Wildman–Crippen LogP) is 1.64. The van der Waals surface area contributed by atoms with Crippen molar-refractivity contribution in [2.24, 2.45) is 0 Å². The zero-order chi connectivity index (χ0) is 18.5. The molecule has 6 nitrogen and oxygen atoms in total. The predicted molar refractivity (Wildman–Crippen MR) is 98.6 cm³/mol. The summed E-state index contributed by atoms with van der Waals surface area (Å²) in [5, 5.41) is 10.2. The van der Waals surface area contributed by atoms with Crippen molar-refractivity contribution in [1.82, 2.24) is 9.80 Å². The van der Waals surface area contributed by atoms with Gasteiger partial charge in [-0.2, -0.15) is 0 Å². The van der Waals surface area contributed by atoms with Gasteiger partial charge >= 0.3 is 0 Å². The van der Waals surface area contributed by atoms with E-state index in [4.69, 9.17) is 4.74 Å². The molecule has 2 aliphatic heterocycles. The van der Waals surface area contributed by atoms with Crippen LogP contribution in [0.5, 0.6) is 0 Å². The molecule has 0 aromatic heterocycles. The van der Waals surface area contributed by atoms with Crippen molar-refractivity contribution < 1.29 is 19.4 Å². The second kappa shape index (κ2) is 8.29. The van der Waals surface area contributed by atoms with Gasteiger partial charge in [0.2, 0.25) is 0 Å². The number of rotatable bonds is 6. The zero-order valence-electron chi connectivity index (χ0n) is 14.9. The van der Waals surface area contributed by atoms with Crippen LogP contribution in [-0.2, 0) is 14.3 Å². The Kier molecular flexibility index (Phi) is 5.85. The highest BCUT2D eigenvalue weighted by atomic mass is 16.5. The van der Waals surface area contributed by atoms with E-state index in [0.29, 0.717) is 26.3 Å². The highest BCUT2D eigenvalue weighted by molar-refractivity contribution is 6.08. The molecule has 0 saturated carbocycles. The summed E-state index contributed by atoms with van der Waals surface area (Å²) >= 11 is 0. The first-order chi connectivity index (χ1) is 12.6. The van der Waals surface area contributed by atoms with Crippen LogP contribution in [0.4, 0.5) is 0 Å². The van der Waals surface area contributed by atoms with Crippen LogP contribution in [0.1, 0.15) is 12.5 Å². The van der Waals surface area contributed by atoms with Crippen molar-refractivity contribution in [3.8, 4) is 0 Å². The first kappa shape index (κ1) is 18.4. The van der Waals surface area contributed by atoms with Gasteiger partial charge in [0.15, 0.2) is 11.5 Å². The summed E-state index contributed by atoms with van der Waals surface area (Å²) in [5.74, 6) is -1.19. The number of hydrogen-bond donors (Lipinski definition) is 1. The SMILES string of the molecule is CC(=O)C1=C(O)C(=O)N(CCN2CCOCC2)C1C=Cc1ccccc1. The largest absolute Gasteiger partial charge is 0.503 e. The van der Waals surface area contributed by atoms with Crippen molar-refractivity contribution in [3.05, 3.63) is 53.3 Å². The van der Waals surface area contributed by atoms with Crippen LogP contribution in [0, 0.1) is 0 Å². The molecule has 3 rings (SSSR count). The van der Waals surface area contributed by atoms with Crippen LogP contribution in [0.3, 0.4) is 0 Å². The van der Waals surface area contributed by atoms with E-state index < -0.39 is 17.7 Å². The lowest BCUT2D eigenvalue weighted by atomic mass is 10.0. The Morgan fingerprint density at radius 3 is 2.58 bits per heavy atom. The third-order valence-electron chi connectivity index (χ3n) is 4.76. The fourth-order valence-electron chi connectivity index (χ4n) is 3.33. The number of carbonyl (C=O) groups excluding carboxylic acids is 2. The molecule has 138 valence electrons. The van der Waals surface area contributed by atoms with Crippen LogP contribution >= 0.6 is 0 Å². The quantitative estimate of drug-likeness (QED) is 0.839. The Hall–Kier alpha value is -2.44. The number of ketones is 1. The summed E-state index contributed by atoms with van der Waals surface area (Å²) in [4.78, 5) is 28.3. The highest BCUT2D eigenvalue weighted by Gasteiger charge is 2.40. The molecular weight excluding hydrogens is 332 g/mol. The van der Waals surface area contributed by atoms with Gasteiger partial charge in [0.25, 0.3) is 5.91 Å². The van der Waals surface area contributed by atoms with Crippen LogP contribution in [0.15, 0.2) is 47.7 Å². The number of hydrogen-bond acceptors (Lipinski definition) is 5. The molecule has 1 amide bonds. The van der Waals surface area contributed by atoms with E-state index in [1.54, 1.807) is 4.90 Å². The second-order valence-electron chi connectivity index (χ2n) is 6.49. The van der Waals surface area contributed by atoms with Gasteiger partial charge in [-0.25, -0.2) is 0 Å². The molecule has 1 fully saturated rings. The summed E-state index contributed by atoms with van der Waals surface area (Å²) in [5.41, 5.74) is 1.14. The molecule has 1 N–H and O–H groups in total. The zero-order valence-corrected chi connectivity index (χ0v) is 14.9. The van der Waals surface area contributed by atoms with E-state index in [0.717, 1.165) is 18.7 Å². The number of benzene rings is 1. The molecule has 0 spiro atoms. The third kappa shape index (κ3) is 4.03. The van der Waals surface area contributed by atoms with Gasteiger partial charge in [-0.3, -0.25) is 14.5 Å². The van der Waals surface area contributed by atoms with Gasteiger partial charge in [-0.1, -0.05) is 42.5 Å². The fourth-order valence-corrected chi connectivity index (χ4v) is 3.33. The Bertz CT molecular complexity index is 721. The van der Waals surface area contributed by atoms with Crippen LogP contribution in [-0.4, -0.2) is 72.0 Å². The molecule has 1 aromatic rings. The standard InChI is InChI=1S/C20H24N2O4/c1-15(23)18-17(8-7-16-5-3-2-4-6-16)22(20(25)19(18)24)10-9-21-11-13-26-14-12-21/h2-8,17,24H,9-14H2,1H3. The van der Waals surface area contributed by atoms with Gasteiger partial charge < -0.3 is 14.7 Å². The smallest absolute Gasteiger partial charge is 0.290 e. The van der Waals surface area contributed by atoms with Gasteiger partial charge in [-0.05, 0) is 12.5 Å². The fraction of sp³-hybridized carbons (Fsp3) is 0.400. The number of aliphatic hydroxyl groups is 1. The number of aliphatic hydroxyl groups excluding tert-OH is 1. The summed E-state index contributed by atoms with van der Waals surface area (Å²) < 4.78 is 5.34. The second-order valence-corrected chi connectivity index (χ2v) is 6.49. The van der Waals surface area contributed by atoms with E-state index in [-0.39, 0.29) is 11.4 Å². The van der Waals surface area contributed by atoms with Gasteiger partial charge in [0.05, 0.1) is 24.8 Å². The Balaban J connectivity index is 1.78. The Labute approximate surface area is 153 Å². The topological polar surface area (TPSA) is 70.1 Å². The summed E-state index contributed by atoms with van der Waals surface area (Å²) in [7, 11) is 0. The molecule has 2 aliphatic rings. The highest BCUT2D eigenvalue weighted by Crippen LogP contribution is 2.27. The first-order valence-corrected chi connectivity index (χ1v) is 8.86. The van der Waals surface area contributed by atoms with E-state index in [2.05, 4.69) is 4.90 Å². The molecule has 2 heterocycles. The van der Waals surface area contributed by atoms with Gasteiger partial charge in [0, 0.05) is 26.2 Å². The maximum Gasteiger partial charge on any atom is 0.290 e. The molecule has 1 saturated heterocycles. The molecule has 1 atom stereocenters. The van der Waals surface area contributed by atoms with E-state index in [9.17, 15) is 14.7 Å². The van der Waals surface area contributed by atoms with Gasteiger partial charge in [-0.15, -0.1) is 0 Å². The number of Topliss-reactive ketones (excluding diaryl/α,β-unsaturated/α-hetero) is 1. The van der Waals surface area contributed by atoms with Crippen molar-refractivity contribution >= 4 is 17.8 Å². The molecule has 1 aromatic carbocycles. The molecular formula is C20H24N2O4. The summed E-state index contributed by atoms with van der Waals surface area (Å²) in [6.45, 7) is 5.54. The van der Waals surface area contributed by atoms with Crippen molar-refractivity contribution in [3.63, 3.8) is 0 Å². The van der Waals surface area contributed by atoms with Crippen LogP contribution in [0.2, 0.25) is 0 Å². The number of carbonyl (C=O) groups is 2. The lowest BCUT2D eigenvalue weighted by molar-refractivity contribution is -0.129. The molecule has 0 bridgehead atoms. The van der Waals surface area contributed by atoms with Crippen molar-refractivity contribution in [2.45, 2.75) is 13.0 Å².